The summed E-state index contributed by atoms with van der Waals surface area (Å²) < 4.78 is 7.28. The number of amides is 1. The second-order valence-electron chi connectivity index (χ2n) is 11.4. The number of hydrogen-bond acceptors (Lipinski definition) is 6. The van der Waals surface area contributed by atoms with Crippen LogP contribution in [0.15, 0.2) is 48.8 Å². The van der Waals surface area contributed by atoms with E-state index in [0.717, 1.165) is 65.9 Å². The number of nitrogens with zero attached hydrogens (tertiary/aromatic N) is 4. The largest absolute Gasteiger partial charge is 0.443 e. The van der Waals surface area contributed by atoms with Crippen LogP contribution in [0.5, 0.6) is 0 Å². The van der Waals surface area contributed by atoms with Crippen molar-refractivity contribution in [3.8, 4) is 0 Å². The van der Waals surface area contributed by atoms with Crippen molar-refractivity contribution in [1.82, 2.24) is 30.4 Å². The molecule has 0 saturated carbocycles. The number of carbonyl (C=O) groups is 2. The van der Waals surface area contributed by atoms with Crippen molar-refractivity contribution in [2.24, 2.45) is 0 Å². The second kappa shape index (κ2) is 12.6. The standard InChI is InChI=1S/C31H42N6O3/c1-7-24(17-15-22-11-9-13-28-26(22)19-32-34-28)35-37(30(39)40-31(4,5)6)25(8-2)18-16-23-12-10-14-29-27(23)20-33-36(29)21(3)38/h9-14,19-20,24-25,35H,7-8,15-18H2,1-6H3,(H,32,34). The quantitative estimate of drug-likeness (QED) is 0.210. The highest BCUT2D eigenvalue weighted by Gasteiger charge is 2.29. The van der Waals surface area contributed by atoms with Crippen LogP contribution in [0.4, 0.5) is 4.79 Å². The number of nitrogens with one attached hydrogen (secondary N) is 2. The lowest BCUT2D eigenvalue weighted by atomic mass is 10.00. The molecular formula is C31H42N6O3. The highest BCUT2D eigenvalue weighted by molar-refractivity contribution is 5.91. The lowest BCUT2D eigenvalue weighted by Crippen LogP contribution is -2.54. The molecule has 0 spiro atoms. The molecule has 0 aliphatic heterocycles. The maximum Gasteiger partial charge on any atom is 0.425 e. The zero-order valence-corrected chi connectivity index (χ0v) is 24.5. The topological polar surface area (TPSA) is 105 Å². The molecule has 0 aliphatic rings. The number of carbonyl (C=O) groups excluding carboxylic acids is 2. The van der Waals surface area contributed by atoms with Gasteiger partial charge >= 0.3 is 6.09 Å². The molecular weight excluding hydrogens is 504 g/mol. The molecule has 4 aromatic rings. The Kier molecular flexibility index (Phi) is 9.25. The minimum Gasteiger partial charge on any atom is -0.443 e. The number of aryl methyl sites for hydroxylation is 2. The van der Waals surface area contributed by atoms with Gasteiger partial charge < -0.3 is 4.74 Å². The van der Waals surface area contributed by atoms with E-state index in [4.69, 9.17) is 4.74 Å². The van der Waals surface area contributed by atoms with E-state index in [9.17, 15) is 9.59 Å². The Morgan fingerprint density at radius 3 is 2.38 bits per heavy atom. The minimum atomic E-state index is -0.610. The van der Waals surface area contributed by atoms with Gasteiger partial charge in [-0.2, -0.15) is 10.2 Å². The Morgan fingerprint density at radius 2 is 1.70 bits per heavy atom. The van der Waals surface area contributed by atoms with E-state index in [1.807, 2.05) is 51.2 Å². The number of hydrazine groups is 1. The zero-order valence-electron chi connectivity index (χ0n) is 24.5. The molecule has 0 radical (unpaired) electrons. The molecule has 2 aromatic carbocycles. The van der Waals surface area contributed by atoms with Gasteiger partial charge in [0.1, 0.15) is 5.60 Å². The summed E-state index contributed by atoms with van der Waals surface area (Å²) in [5.74, 6) is -0.117. The number of aromatic amines is 1. The van der Waals surface area contributed by atoms with Gasteiger partial charge in [0.05, 0.1) is 29.5 Å². The monoisotopic (exact) mass is 546 g/mol. The molecule has 0 aliphatic carbocycles. The Labute approximate surface area is 236 Å². The molecule has 2 atom stereocenters. The number of ether oxygens (including phenoxy) is 1. The molecule has 40 heavy (non-hydrogen) atoms. The van der Waals surface area contributed by atoms with E-state index >= 15 is 0 Å². The Balaban J connectivity index is 1.51. The van der Waals surface area contributed by atoms with Crippen LogP contribution >= 0.6 is 0 Å². The second-order valence-corrected chi connectivity index (χ2v) is 11.4. The van der Waals surface area contributed by atoms with Gasteiger partial charge in [0.25, 0.3) is 0 Å². The van der Waals surface area contributed by atoms with E-state index in [1.54, 1.807) is 11.2 Å². The van der Waals surface area contributed by atoms with E-state index in [1.165, 1.54) is 17.2 Å². The average Bonchev–Trinajstić information content (AvgIpc) is 3.57. The molecule has 2 heterocycles. The first-order valence-corrected chi connectivity index (χ1v) is 14.3. The van der Waals surface area contributed by atoms with E-state index in [-0.39, 0.29) is 24.1 Å². The summed E-state index contributed by atoms with van der Waals surface area (Å²) >= 11 is 0. The maximum absolute atomic E-state index is 13.5. The van der Waals surface area contributed by atoms with Crippen LogP contribution in [0.2, 0.25) is 0 Å². The van der Waals surface area contributed by atoms with Crippen LogP contribution < -0.4 is 5.43 Å². The van der Waals surface area contributed by atoms with Crippen LogP contribution in [-0.4, -0.2) is 54.7 Å². The van der Waals surface area contributed by atoms with Crippen LogP contribution in [0, 0.1) is 0 Å². The summed E-state index contributed by atoms with van der Waals surface area (Å²) in [6.45, 7) is 11.4. The number of H-pyrrole nitrogens is 1. The molecule has 1 amide bonds. The molecule has 9 heteroatoms. The summed E-state index contributed by atoms with van der Waals surface area (Å²) in [6, 6.07) is 12.2. The number of rotatable bonds is 11. The summed E-state index contributed by atoms with van der Waals surface area (Å²) in [5.41, 5.74) is 7.12. The van der Waals surface area contributed by atoms with Crippen molar-refractivity contribution >= 4 is 33.8 Å². The van der Waals surface area contributed by atoms with E-state index in [2.05, 4.69) is 46.7 Å². The number of fused-ring (bicyclic) bond motifs is 2. The predicted octanol–water partition coefficient (Wildman–Crippen LogP) is 6.44. The number of aromatic nitrogens is 4. The van der Waals surface area contributed by atoms with Crippen LogP contribution in [0.3, 0.4) is 0 Å². The molecule has 2 N–H and O–H groups in total. The van der Waals surface area contributed by atoms with Gasteiger partial charge in [0, 0.05) is 23.7 Å². The van der Waals surface area contributed by atoms with Crippen molar-refractivity contribution in [2.45, 2.75) is 97.8 Å². The van der Waals surface area contributed by atoms with Gasteiger partial charge in [-0.1, -0.05) is 38.1 Å². The van der Waals surface area contributed by atoms with Crippen molar-refractivity contribution in [3.63, 3.8) is 0 Å². The van der Waals surface area contributed by atoms with Crippen molar-refractivity contribution in [2.75, 3.05) is 0 Å². The first-order valence-electron chi connectivity index (χ1n) is 14.3. The molecule has 2 aromatic heterocycles. The highest BCUT2D eigenvalue weighted by Crippen LogP contribution is 2.24. The fourth-order valence-electron chi connectivity index (χ4n) is 5.17. The molecule has 0 bridgehead atoms. The van der Waals surface area contributed by atoms with Crippen molar-refractivity contribution in [1.29, 1.82) is 0 Å². The van der Waals surface area contributed by atoms with Gasteiger partial charge in [-0.05, 0) is 82.6 Å². The van der Waals surface area contributed by atoms with Crippen LogP contribution in [-0.2, 0) is 17.6 Å². The Morgan fingerprint density at radius 1 is 1.00 bits per heavy atom. The number of hydrogen-bond donors (Lipinski definition) is 2. The fraction of sp³-hybridized carbons (Fsp3) is 0.484. The molecule has 0 saturated heterocycles. The first kappa shape index (κ1) is 29.3. The van der Waals surface area contributed by atoms with E-state index < -0.39 is 5.60 Å². The third-order valence-corrected chi connectivity index (χ3v) is 7.33. The zero-order chi connectivity index (χ0) is 28.9. The summed E-state index contributed by atoms with van der Waals surface area (Å²) in [7, 11) is 0. The highest BCUT2D eigenvalue weighted by atomic mass is 16.6. The van der Waals surface area contributed by atoms with Gasteiger partial charge in [-0.15, -0.1) is 0 Å². The molecule has 0 fully saturated rings. The Bertz CT molecular complexity index is 1450. The van der Waals surface area contributed by atoms with Gasteiger partial charge in [0.2, 0.25) is 5.91 Å². The summed E-state index contributed by atoms with van der Waals surface area (Å²) in [4.78, 5) is 25.5. The third-order valence-electron chi connectivity index (χ3n) is 7.33. The van der Waals surface area contributed by atoms with Crippen LogP contribution in [0.25, 0.3) is 21.8 Å². The lowest BCUT2D eigenvalue weighted by molar-refractivity contribution is -0.00570. The minimum absolute atomic E-state index is 0.0840. The van der Waals surface area contributed by atoms with Crippen LogP contribution in [0.1, 0.15) is 83.1 Å². The van der Waals surface area contributed by atoms with E-state index in [0.29, 0.717) is 0 Å². The van der Waals surface area contributed by atoms with Gasteiger partial charge in [0.15, 0.2) is 0 Å². The Hall–Kier alpha value is -3.72. The molecule has 214 valence electrons. The lowest BCUT2D eigenvalue weighted by Gasteiger charge is -2.36. The summed E-state index contributed by atoms with van der Waals surface area (Å²) in [6.07, 6.45) is 8.09. The predicted molar refractivity (Wildman–Crippen MR) is 158 cm³/mol. The smallest absolute Gasteiger partial charge is 0.425 e. The average molecular weight is 547 g/mol. The normalized spacial score (nSPS) is 13.4. The number of benzene rings is 2. The molecule has 9 nitrogen and oxygen atoms in total. The molecule has 4 rings (SSSR count). The molecule has 2 unspecified atom stereocenters. The SMILES string of the molecule is CCC(CCc1cccc2[nH]ncc12)NN(C(=O)OC(C)(C)C)C(CC)CCc1cccc2c1cnn2C(C)=O. The summed E-state index contributed by atoms with van der Waals surface area (Å²) in [5, 5.41) is 15.3. The fourth-order valence-corrected chi connectivity index (χ4v) is 5.17. The van der Waals surface area contributed by atoms with Gasteiger partial charge in [-0.3, -0.25) is 9.89 Å². The maximum atomic E-state index is 13.5. The first-order chi connectivity index (χ1) is 19.1. The van der Waals surface area contributed by atoms with Crippen molar-refractivity contribution < 1.29 is 14.3 Å². The van der Waals surface area contributed by atoms with Gasteiger partial charge in [-0.25, -0.2) is 19.9 Å². The van der Waals surface area contributed by atoms with Crippen molar-refractivity contribution in [3.05, 3.63) is 59.9 Å². The third kappa shape index (κ3) is 6.88.